The quantitative estimate of drug-likeness (QED) is 0.719. The molecule has 0 saturated heterocycles. The van der Waals surface area contributed by atoms with Crippen LogP contribution in [0.15, 0.2) is 35.5 Å². The molecule has 0 aliphatic rings. The van der Waals surface area contributed by atoms with Crippen LogP contribution in [0.2, 0.25) is 0 Å². The lowest BCUT2D eigenvalue weighted by molar-refractivity contribution is -0.122. The van der Waals surface area contributed by atoms with E-state index in [-0.39, 0.29) is 12.5 Å². The van der Waals surface area contributed by atoms with E-state index in [0.29, 0.717) is 18.6 Å². The Morgan fingerprint density at radius 2 is 2.50 bits per heavy atom. The van der Waals surface area contributed by atoms with E-state index in [1.54, 1.807) is 25.1 Å². The van der Waals surface area contributed by atoms with Gasteiger partial charge in [0.2, 0.25) is 5.91 Å². The molecule has 0 aliphatic heterocycles. The van der Waals surface area contributed by atoms with Crippen molar-refractivity contribution in [2.75, 3.05) is 6.54 Å². The van der Waals surface area contributed by atoms with Crippen LogP contribution in [0.4, 0.5) is 0 Å². The Morgan fingerprint density at radius 3 is 3.06 bits per heavy atom. The average Bonchev–Trinajstić information content (AvgIpc) is 2.77. The Bertz CT molecular complexity index is 341. The van der Waals surface area contributed by atoms with Gasteiger partial charge in [-0.15, -0.1) is 6.58 Å². The van der Waals surface area contributed by atoms with Crippen LogP contribution in [0.3, 0.4) is 0 Å². The summed E-state index contributed by atoms with van der Waals surface area (Å²) >= 11 is 0. The Labute approximate surface area is 95.0 Å². The van der Waals surface area contributed by atoms with Crippen LogP contribution in [-0.2, 0) is 10.4 Å². The number of furan rings is 1. The number of rotatable bonds is 6. The second kappa shape index (κ2) is 5.51. The van der Waals surface area contributed by atoms with Crippen LogP contribution in [0.25, 0.3) is 0 Å². The molecule has 1 unspecified atom stereocenters. The van der Waals surface area contributed by atoms with Crippen molar-refractivity contribution in [3.05, 3.63) is 36.8 Å². The summed E-state index contributed by atoms with van der Waals surface area (Å²) in [5, 5.41) is 12.7. The maximum absolute atomic E-state index is 11.3. The van der Waals surface area contributed by atoms with E-state index in [1.807, 2.05) is 0 Å². The fourth-order valence-corrected chi connectivity index (χ4v) is 1.26. The first-order valence-corrected chi connectivity index (χ1v) is 5.20. The average molecular weight is 223 g/mol. The molecule has 1 aromatic rings. The molecule has 0 saturated carbocycles. The monoisotopic (exact) mass is 223 g/mol. The molecule has 2 N–H and O–H groups in total. The van der Waals surface area contributed by atoms with E-state index in [1.165, 1.54) is 6.26 Å². The lowest BCUT2D eigenvalue weighted by atomic mass is 10.0. The van der Waals surface area contributed by atoms with E-state index in [2.05, 4.69) is 11.9 Å². The van der Waals surface area contributed by atoms with Crippen molar-refractivity contribution in [1.82, 2.24) is 5.32 Å². The summed E-state index contributed by atoms with van der Waals surface area (Å²) in [6.07, 6.45) is 4.19. The summed E-state index contributed by atoms with van der Waals surface area (Å²) in [5.74, 6) is 0.336. The van der Waals surface area contributed by atoms with Gasteiger partial charge in [0.1, 0.15) is 11.4 Å². The third-order valence-corrected chi connectivity index (χ3v) is 2.26. The summed E-state index contributed by atoms with van der Waals surface area (Å²) in [5.41, 5.74) is -1.17. The van der Waals surface area contributed by atoms with Gasteiger partial charge in [-0.2, -0.15) is 0 Å². The van der Waals surface area contributed by atoms with Crippen molar-refractivity contribution in [3.63, 3.8) is 0 Å². The molecule has 4 nitrogen and oxygen atoms in total. The third kappa shape index (κ3) is 3.55. The summed E-state index contributed by atoms with van der Waals surface area (Å²) in [6.45, 7) is 5.27. The van der Waals surface area contributed by atoms with Gasteiger partial charge in [0, 0.05) is 6.42 Å². The highest BCUT2D eigenvalue weighted by Crippen LogP contribution is 2.19. The first-order chi connectivity index (χ1) is 7.56. The predicted molar refractivity (Wildman–Crippen MR) is 60.7 cm³/mol. The molecule has 1 amide bonds. The van der Waals surface area contributed by atoms with E-state index in [0.717, 1.165) is 0 Å². The standard InChI is InChI=1S/C12H17NO3/c1-3-4-7-11(14)13-9-12(2,15)10-6-5-8-16-10/h3,5-6,8,15H,1,4,7,9H2,2H3,(H,13,14). The molecule has 1 heterocycles. The maximum Gasteiger partial charge on any atom is 0.220 e. The zero-order valence-corrected chi connectivity index (χ0v) is 9.40. The zero-order chi connectivity index (χ0) is 12.0. The number of carbonyl (C=O) groups excluding carboxylic acids is 1. The highest BCUT2D eigenvalue weighted by atomic mass is 16.4. The molecule has 0 aromatic carbocycles. The molecular formula is C12H17NO3. The lowest BCUT2D eigenvalue weighted by Crippen LogP contribution is -2.38. The number of hydrogen-bond acceptors (Lipinski definition) is 3. The molecule has 0 bridgehead atoms. The summed E-state index contributed by atoms with van der Waals surface area (Å²) in [7, 11) is 0. The maximum atomic E-state index is 11.3. The Hall–Kier alpha value is -1.55. The third-order valence-electron chi connectivity index (χ3n) is 2.26. The Morgan fingerprint density at radius 1 is 1.75 bits per heavy atom. The van der Waals surface area contributed by atoms with Gasteiger partial charge in [-0.25, -0.2) is 0 Å². The Kier molecular flexibility index (Phi) is 4.31. The number of nitrogens with one attached hydrogen (secondary N) is 1. The summed E-state index contributed by atoms with van der Waals surface area (Å²) < 4.78 is 5.09. The molecule has 4 heteroatoms. The first-order valence-electron chi connectivity index (χ1n) is 5.20. The van der Waals surface area contributed by atoms with Crippen molar-refractivity contribution >= 4 is 5.91 Å². The van der Waals surface area contributed by atoms with Crippen molar-refractivity contribution < 1.29 is 14.3 Å². The molecule has 0 fully saturated rings. The van der Waals surface area contributed by atoms with Crippen molar-refractivity contribution in [3.8, 4) is 0 Å². The predicted octanol–water partition coefficient (Wildman–Crippen LogP) is 1.57. The molecule has 1 rings (SSSR count). The highest BCUT2D eigenvalue weighted by Gasteiger charge is 2.26. The minimum Gasteiger partial charge on any atom is -0.466 e. The fraction of sp³-hybridized carbons (Fsp3) is 0.417. The zero-order valence-electron chi connectivity index (χ0n) is 9.40. The first kappa shape index (κ1) is 12.5. The molecule has 0 radical (unpaired) electrons. The van der Waals surface area contributed by atoms with Crippen molar-refractivity contribution in [2.24, 2.45) is 0 Å². The fourth-order valence-electron chi connectivity index (χ4n) is 1.26. The smallest absolute Gasteiger partial charge is 0.220 e. The molecular weight excluding hydrogens is 206 g/mol. The number of aliphatic hydroxyl groups is 1. The normalized spacial score (nSPS) is 14.1. The van der Waals surface area contributed by atoms with E-state index in [4.69, 9.17) is 4.42 Å². The van der Waals surface area contributed by atoms with Crippen LogP contribution < -0.4 is 5.32 Å². The second-order valence-electron chi connectivity index (χ2n) is 3.86. The van der Waals surface area contributed by atoms with E-state index >= 15 is 0 Å². The molecule has 0 spiro atoms. The molecule has 16 heavy (non-hydrogen) atoms. The van der Waals surface area contributed by atoms with Gasteiger partial charge >= 0.3 is 0 Å². The van der Waals surface area contributed by atoms with Gasteiger partial charge in [-0.05, 0) is 25.5 Å². The molecule has 0 aliphatic carbocycles. The van der Waals surface area contributed by atoms with Crippen LogP contribution >= 0.6 is 0 Å². The van der Waals surface area contributed by atoms with Crippen molar-refractivity contribution in [1.29, 1.82) is 0 Å². The van der Waals surface area contributed by atoms with Gasteiger partial charge in [0.05, 0.1) is 12.8 Å². The summed E-state index contributed by atoms with van der Waals surface area (Å²) in [4.78, 5) is 11.3. The SMILES string of the molecule is C=CCCC(=O)NCC(C)(O)c1ccco1. The van der Waals surface area contributed by atoms with Gasteiger partial charge in [0.25, 0.3) is 0 Å². The van der Waals surface area contributed by atoms with Crippen molar-refractivity contribution in [2.45, 2.75) is 25.4 Å². The van der Waals surface area contributed by atoms with Gasteiger partial charge in [-0.1, -0.05) is 6.08 Å². The Balaban J connectivity index is 2.42. The number of amides is 1. The van der Waals surface area contributed by atoms with Crippen LogP contribution in [0, 0.1) is 0 Å². The van der Waals surface area contributed by atoms with Crippen LogP contribution in [0.5, 0.6) is 0 Å². The number of allylic oxidation sites excluding steroid dienone is 1. The highest BCUT2D eigenvalue weighted by molar-refractivity contribution is 5.76. The molecule has 1 atom stereocenters. The van der Waals surface area contributed by atoms with E-state index < -0.39 is 5.60 Å². The van der Waals surface area contributed by atoms with Gasteiger partial charge in [0.15, 0.2) is 0 Å². The second-order valence-corrected chi connectivity index (χ2v) is 3.86. The van der Waals surface area contributed by atoms with Crippen LogP contribution in [-0.4, -0.2) is 17.6 Å². The van der Waals surface area contributed by atoms with E-state index in [9.17, 15) is 9.90 Å². The largest absolute Gasteiger partial charge is 0.466 e. The minimum absolute atomic E-state index is 0.105. The lowest BCUT2D eigenvalue weighted by Gasteiger charge is -2.21. The van der Waals surface area contributed by atoms with Gasteiger partial charge in [-0.3, -0.25) is 4.79 Å². The van der Waals surface area contributed by atoms with Crippen LogP contribution in [0.1, 0.15) is 25.5 Å². The minimum atomic E-state index is -1.17. The number of carbonyl (C=O) groups is 1. The topological polar surface area (TPSA) is 62.5 Å². The molecule has 1 aromatic heterocycles. The van der Waals surface area contributed by atoms with Gasteiger partial charge < -0.3 is 14.8 Å². The summed E-state index contributed by atoms with van der Waals surface area (Å²) in [6, 6.07) is 3.37. The number of hydrogen-bond donors (Lipinski definition) is 2. The molecule has 88 valence electrons.